The summed E-state index contributed by atoms with van der Waals surface area (Å²) in [5.74, 6) is 0.627. The molecule has 0 saturated heterocycles. The third-order valence-corrected chi connectivity index (χ3v) is 4.76. The van der Waals surface area contributed by atoms with Crippen molar-refractivity contribution in [2.24, 2.45) is 4.99 Å². The fourth-order valence-electron chi connectivity index (χ4n) is 3.39. The average molecular weight is 399 g/mol. The number of hydrogen-bond donors (Lipinski definition) is 0. The van der Waals surface area contributed by atoms with E-state index in [2.05, 4.69) is 4.98 Å². The first kappa shape index (κ1) is 19.8. The highest BCUT2D eigenvalue weighted by atomic mass is 16.6. The Labute approximate surface area is 177 Å². The molecule has 0 atom stereocenters. The minimum atomic E-state index is -0.514. The molecule has 30 heavy (non-hydrogen) atoms. The molecule has 2 heterocycles. The molecule has 0 fully saturated rings. The third kappa shape index (κ3) is 4.57. The van der Waals surface area contributed by atoms with Crippen molar-refractivity contribution in [2.45, 2.75) is 39.5 Å². The maximum atomic E-state index is 12.4. The minimum Gasteiger partial charge on any atom is -0.444 e. The lowest BCUT2D eigenvalue weighted by molar-refractivity contribution is 0.0242. The van der Waals surface area contributed by atoms with Gasteiger partial charge in [-0.25, -0.2) is 14.8 Å². The molecule has 0 saturated carbocycles. The molecule has 0 bridgehead atoms. The summed E-state index contributed by atoms with van der Waals surface area (Å²) in [5.41, 5.74) is 4.49. The van der Waals surface area contributed by atoms with Gasteiger partial charge in [-0.05, 0) is 38.0 Å². The van der Waals surface area contributed by atoms with Crippen LogP contribution in [-0.4, -0.2) is 27.3 Å². The molecule has 0 unspecified atom stereocenters. The lowest BCUT2D eigenvalue weighted by Gasteiger charge is -2.24. The van der Waals surface area contributed by atoms with Gasteiger partial charge in [0.1, 0.15) is 5.60 Å². The first-order chi connectivity index (χ1) is 14.4. The second-order valence-corrected chi connectivity index (χ2v) is 8.34. The largest absolute Gasteiger partial charge is 0.444 e. The number of aromatic nitrogens is 1. The molecule has 5 heteroatoms. The first-order valence-electron chi connectivity index (χ1n) is 10.0. The van der Waals surface area contributed by atoms with Crippen molar-refractivity contribution in [3.05, 3.63) is 95.2 Å². The van der Waals surface area contributed by atoms with E-state index in [4.69, 9.17) is 9.73 Å². The summed E-state index contributed by atoms with van der Waals surface area (Å²) < 4.78 is 5.50. The van der Waals surface area contributed by atoms with Gasteiger partial charge >= 0.3 is 6.09 Å². The van der Waals surface area contributed by atoms with E-state index in [-0.39, 0.29) is 6.09 Å². The van der Waals surface area contributed by atoms with E-state index in [1.165, 1.54) is 0 Å². The molecule has 1 aliphatic heterocycles. The van der Waals surface area contributed by atoms with Gasteiger partial charge in [-0.3, -0.25) is 4.90 Å². The molecule has 0 aliphatic carbocycles. The fraction of sp³-hybridized carbons (Fsp3) is 0.240. The van der Waals surface area contributed by atoms with Crippen molar-refractivity contribution in [1.29, 1.82) is 0 Å². The van der Waals surface area contributed by atoms with E-state index >= 15 is 0 Å². The van der Waals surface area contributed by atoms with E-state index in [1.807, 2.05) is 93.7 Å². The summed E-state index contributed by atoms with van der Waals surface area (Å²) in [5, 5.41) is 0. The monoisotopic (exact) mass is 399 g/mol. The predicted molar refractivity (Wildman–Crippen MR) is 118 cm³/mol. The molecule has 1 aromatic heterocycles. The van der Waals surface area contributed by atoms with Gasteiger partial charge in [0, 0.05) is 23.9 Å². The minimum absolute atomic E-state index is 0.307. The first-order valence-corrected chi connectivity index (χ1v) is 10.0. The zero-order chi connectivity index (χ0) is 21.1. The molecule has 3 aromatic rings. The Morgan fingerprint density at radius 1 is 0.933 bits per heavy atom. The molecule has 1 amide bonds. The summed E-state index contributed by atoms with van der Waals surface area (Å²) in [4.78, 5) is 23.5. The Morgan fingerprint density at radius 2 is 1.50 bits per heavy atom. The zero-order valence-corrected chi connectivity index (χ0v) is 17.5. The Bertz CT molecular complexity index is 1030. The van der Waals surface area contributed by atoms with Crippen LogP contribution in [0.2, 0.25) is 0 Å². The Morgan fingerprint density at radius 3 is 2.07 bits per heavy atom. The SMILES string of the molecule is CC(C)(C)OC(=O)N1Cc2cnc(N=C(c3ccccc3)c3ccccc3)cc2C1. The van der Waals surface area contributed by atoms with E-state index in [1.54, 1.807) is 4.90 Å². The number of amides is 1. The van der Waals surface area contributed by atoms with Crippen LogP contribution in [0.1, 0.15) is 43.0 Å². The lowest BCUT2D eigenvalue weighted by Crippen LogP contribution is -2.33. The molecule has 0 N–H and O–H groups in total. The van der Waals surface area contributed by atoms with Gasteiger partial charge in [0.05, 0.1) is 12.3 Å². The summed E-state index contributed by atoms with van der Waals surface area (Å²) >= 11 is 0. The highest BCUT2D eigenvalue weighted by molar-refractivity contribution is 6.13. The maximum Gasteiger partial charge on any atom is 0.410 e. The van der Waals surface area contributed by atoms with Crippen LogP contribution in [0.25, 0.3) is 0 Å². The number of aliphatic imine (C=N–C) groups is 1. The highest BCUT2D eigenvalue weighted by Crippen LogP contribution is 2.27. The van der Waals surface area contributed by atoms with E-state index < -0.39 is 5.60 Å². The van der Waals surface area contributed by atoms with Crippen LogP contribution in [0.3, 0.4) is 0 Å². The smallest absolute Gasteiger partial charge is 0.410 e. The molecule has 2 aromatic carbocycles. The van der Waals surface area contributed by atoms with Gasteiger partial charge in [-0.1, -0.05) is 60.7 Å². The van der Waals surface area contributed by atoms with Crippen LogP contribution in [0.4, 0.5) is 10.6 Å². The van der Waals surface area contributed by atoms with Crippen molar-refractivity contribution in [2.75, 3.05) is 0 Å². The van der Waals surface area contributed by atoms with Crippen molar-refractivity contribution in [3.63, 3.8) is 0 Å². The Balaban J connectivity index is 1.63. The van der Waals surface area contributed by atoms with Gasteiger partial charge in [0.2, 0.25) is 0 Å². The Kier molecular flexibility index (Phi) is 5.36. The summed E-state index contributed by atoms with van der Waals surface area (Å²) in [6.07, 6.45) is 1.50. The number of pyridine rings is 1. The number of fused-ring (bicyclic) bond motifs is 1. The summed E-state index contributed by atoms with van der Waals surface area (Å²) in [7, 11) is 0. The standard InChI is InChI=1S/C25H25N3O2/c1-25(2,3)30-24(29)28-16-20-14-22(26-15-21(20)17-28)27-23(18-10-6-4-7-11-18)19-12-8-5-9-13-19/h4-15H,16-17H2,1-3H3. The van der Waals surface area contributed by atoms with Crippen LogP contribution < -0.4 is 0 Å². The fourth-order valence-corrected chi connectivity index (χ4v) is 3.39. The number of rotatable bonds is 3. The lowest BCUT2D eigenvalue weighted by atomic mass is 10.0. The van der Waals surface area contributed by atoms with Crippen LogP contribution in [0, 0.1) is 0 Å². The molecular formula is C25H25N3O2. The van der Waals surface area contributed by atoms with Crippen LogP contribution in [0.5, 0.6) is 0 Å². The van der Waals surface area contributed by atoms with E-state index in [9.17, 15) is 4.79 Å². The van der Waals surface area contributed by atoms with Gasteiger partial charge in [0.25, 0.3) is 0 Å². The zero-order valence-electron chi connectivity index (χ0n) is 17.5. The average Bonchev–Trinajstić information content (AvgIpc) is 3.16. The number of carbonyl (C=O) groups is 1. The van der Waals surface area contributed by atoms with Crippen molar-refractivity contribution >= 4 is 17.6 Å². The van der Waals surface area contributed by atoms with Gasteiger partial charge in [-0.2, -0.15) is 0 Å². The quantitative estimate of drug-likeness (QED) is 0.546. The summed E-state index contributed by atoms with van der Waals surface area (Å²) in [6.45, 7) is 6.62. The van der Waals surface area contributed by atoms with Crippen LogP contribution in [0.15, 0.2) is 77.9 Å². The van der Waals surface area contributed by atoms with Crippen molar-refractivity contribution in [3.8, 4) is 0 Å². The second kappa shape index (κ2) is 8.11. The van der Waals surface area contributed by atoms with Gasteiger partial charge < -0.3 is 4.74 Å². The number of ether oxygens (including phenoxy) is 1. The van der Waals surface area contributed by atoms with Crippen molar-refractivity contribution < 1.29 is 9.53 Å². The highest BCUT2D eigenvalue weighted by Gasteiger charge is 2.28. The number of nitrogens with zero attached hydrogens (tertiary/aromatic N) is 3. The molecule has 152 valence electrons. The third-order valence-electron chi connectivity index (χ3n) is 4.76. The number of hydrogen-bond acceptors (Lipinski definition) is 4. The number of benzene rings is 2. The Hall–Kier alpha value is -3.47. The maximum absolute atomic E-state index is 12.4. The van der Waals surface area contributed by atoms with Gasteiger partial charge in [-0.15, -0.1) is 0 Å². The molecule has 1 aliphatic rings. The predicted octanol–water partition coefficient (Wildman–Crippen LogP) is 5.50. The van der Waals surface area contributed by atoms with Gasteiger partial charge in [0.15, 0.2) is 5.82 Å². The normalized spacial score (nSPS) is 13.0. The van der Waals surface area contributed by atoms with E-state index in [0.29, 0.717) is 18.9 Å². The van der Waals surface area contributed by atoms with Crippen molar-refractivity contribution in [1.82, 2.24) is 9.88 Å². The molecular weight excluding hydrogens is 374 g/mol. The van der Waals surface area contributed by atoms with E-state index in [0.717, 1.165) is 28.0 Å². The molecule has 0 spiro atoms. The molecule has 0 radical (unpaired) electrons. The molecule has 5 nitrogen and oxygen atoms in total. The second-order valence-electron chi connectivity index (χ2n) is 8.34. The topological polar surface area (TPSA) is 54.8 Å². The van der Waals surface area contributed by atoms with Crippen LogP contribution >= 0.6 is 0 Å². The summed E-state index contributed by atoms with van der Waals surface area (Å²) in [6, 6.07) is 22.1. The molecule has 4 rings (SSSR count). The van der Waals surface area contributed by atoms with Crippen LogP contribution in [-0.2, 0) is 17.8 Å². The number of carbonyl (C=O) groups excluding carboxylic acids is 1.